The Morgan fingerprint density at radius 2 is 1.79 bits per heavy atom. The third-order valence-electron chi connectivity index (χ3n) is 6.52. The van der Waals surface area contributed by atoms with Crippen molar-refractivity contribution in [2.75, 3.05) is 30.4 Å². The number of carbonyl (C=O) groups is 2. The summed E-state index contributed by atoms with van der Waals surface area (Å²) in [6.07, 6.45) is -4.34. The van der Waals surface area contributed by atoms with Crippen LogP contribution in [0.15, 0.2) is 54.6 Å². The SMILES string of the molecule is CNC(=O)c1ccc(Cl)c(-c2ccc(N(C)C(=O)c3c(F)cccc3Cl)c(N3CCCC3C(F)(F)F)c2)c1. The first-order valence-electron chi connectivity index (χ1n) is 11.7. The molecule has 0 spiro atoms. The Morgan fingerprint density at radius 3 is 2.45 bits per heavy atom. The van der Waals surface area contributed by atoms with E-state index in [1.165, 1.54) is 55.4 Å². The van der Waals surface area contributed by atoms with E-state index in [1.54, 1.807) is 12.1 Å². The summed E-state index contributed by atoms with van der Waals surface area (Å²) in [5.74, 6) is -2.02. The minimum atomic E-state index is -4.52. The summed E-state index contributed by atoms with van der Waals surface area (Å²) < 4.78 is 56.4. The molecule has 1 N–H and O–H groups in total. The van der Waals surface area contributed by atoms with Gasteiger partial charge in [0, 0.05) is 36.8 Å². The van der Waals surface area contributed by atoms with E-state index in [-0.39, 0.29) is 52.3 Å². The van der Waals surface area contributed by atoms with Crippen LogP contribution in [0.1, 0.15) is 33.6 Å². The number of alkyl halides is 3. The summed E-state index contributed by atoms with van der Waals surface area (Å²) in [6, 6.07) is 11.2. The zero-order chi connectivity index (χ0) is 27.8. The van der Waals surface area contributed by atoms with Crippen LogP contribution in [0.2, 0.25) is 10.0 Å². The zero-order valence-corrected chi connectivity index (χ0v) is 21.9. The first-order chi connectivity index (χ1) is 17.9. The normalized spacial score (nSPS) is 15.5. The van der Waals surface area contributed by atoms with E-state index < -0.39 is 23.9 Å². The fourth-order valence-corrected chi connectivity index (χ4v) is 5.08. The second-order valence-electron chi connectivity index (χ2n) is 8.83. The monoisotopic (exact) mass is 567 g/mol. The molecule has 1 aliphatic rings. The van der Waals surface area contributed by atoms with Gasteiger partial charge in [0.2, 0.25) is 0 Å². The molecule has 1 aliphatic heterocycles. The summed E-state index contributed by atoms with van der Waals surface area (Å²) in [7, 11) is 2.82. The molecule has 0 bridgehead atoms. The molecule has 1 saturated heterocycles. The first kappa shape index (κ1) is 27.7. The summed E-state index contributed by atoms with van der Waals surface area (Å²) >= 11 is 12.5. The number of amides is 2. The van der Waals surface area contributed by atoms with Crippen LogP contribution in [0.25, 0.3) is 11.1 Å². The number of hydrogen-bond acceptors (Lipinski definition) is 3. The van der Waals surface area contributed by atoms with Crippen molar-refractivity contribution in [3.05, 3.63) is 81.6 Å². The van der Waals surface area contributed by atoms with Crippen molar-refractivity contribution in [3.63, 3.8) is 0 Å². The number of benzene rings is 3. The lowest BCUT2D eigenvalue weighted by molar-refractivity contribution is -0.145. The van der Waals surface area contributed by atoms with E-state index >= 15 is 0 Å². The Hall–Kier alpha value is -3.30. The van der Waals surface area contributed by atoms with E-state index in [2.05, 4.69) is 5.32 Å². The molecular weight excluding hydrogens is 545 g/mol. The highest BCUT2D eigenvalue weighted by atomic mass is 35.5. The highest BCUT2D eigenvalue weighted by Crippen LogP contribution is 2.43. The van der Waals surface area contributed by atoms with Gasteiger partial charge in [0.25, 0.3) is 11.8 Å². The van der Waals surface area contributed by atoms with Gasteiger partial charge in [-0.25, -0.2) is 4.39 Å². The summed E-state index contributed by atoms with van der Waals surface area (Å²) in [5.41, 5.74) is 1.04. The van der Waals surface area contributed by atoms with E-state index in [0.717, 1.165) is 11.0 Å². The molecule has 1 unspecified atom stereocenters. The standard InChI is InChI=1S/C27H23Cl2F4N3O2/c1-34-25(37)16-8-10-18(28)17(13-16)15-9-11-21(22(14-15)36-12-4-7-23(36)27(31,32)33)35(2)26(38)24-19(29)5-3-6-20(24)30/h3,5-6,8-11,13-14,23H,4,7,12H2,1-2H3,(H,34,37). The Labute approximate surface area is 226 Å². The predicted molar refractivity (Wildman–Crippen MR) is 141 cm³/mol. The maximum absolute atomic E-state index is 14.5. The Kier molecular flexibility index (Phi) is 7.90. The highest BCUT2D eigenvalue weighted by Gasteiger charge is 2.46. The topological polar surface area (TPSA) is 52.7 Å². The molecule has 38 heavy (non-hydrogen) atoms. The lowest BCUT2D eigenvalue weighted by Crippen LogP contribution is -2.42. The van der Waals surface area contributed by atoms with Gasteiger partial charge in [-0.05, 0) is 60.9 Å². The number of nitrogens with one attached hydrogen (secondary N) is 1. The summed E-state index contributed by atoms with van der Waals surface area (Å²) in [4.78, 5) is 27.7. The molecule has 3 aromatic carbocycles. The van der Waals surface area contributed by atoms with Gasteiger partial charge in [-0.2, -0.15) is 13.2 Å². The van der Waals surface area contributed by atoms with Crippen molar-refractivity contribution in [3.8, 4) is 11.1 Å². The lowest BCUT2D eigenvalue weighted by atomic mass is 10.00. The summed E-state index contributed by atoms with van der Waals surface area (Å²) in [5, 5.41) is 2.68. The van der Waals surface area contributed by atoms with Crippen LogP contribution in [-0.4, -0.2) is 44.7 Å². The van der Waals surface area contributed by atoms with Crippen LogP contribution >= 0.6 is 23.2 Å². The molecule has 4 rings (SSSR count). The van der Waals surface area contributed by atoms with Crippen LogP contribution in [0.4, 0.5) is 28.9 Å². The molecule has 0 radical (unpaired) electrons. The fraction of sp³-hybridized carbons (Fsp3) is 0.259. The molecule has 3 aromatic rings. The van der Waals surface area contributed by atoms with Crippen LogP contribution < -0.4 is 15.1 Å². The zero-order valence-electron chi connectivity index (χ0n) is 20.4. The molecule has 0 saturated carbocycles. The van der Waals surface area contributed by atoms with Crippen molar-refractivity contribution in [1.82, 2.24) is 5.32 Å². The van der Waals surface area contributed by atoms with E-state index in [4.69, 9.17) is 23.2 Å². The van der Waals surface area contributed by atoms with Gasteiger partial charge in [0.05, 0.1) is 22.0 Å². The average molecular weight is 568 g/mol. The largest absolute Gasteiger partial charge is 0.408 e. The molecule has 200 valence electrons. The number of carbonyl (C=O) groups excluding carboxylic acids is 2. The molecule has 0 aliphatic carbocycles. The highest BCUT2D eigenvalue weighted by molar-refractivity contribution is 6.35. The van der Waals surface area contributed by atoms with Crippen LogP contribution in [0.3, 0.4) is 0 Å². The Balaban J connectivity index is 1.87. The van der Waals surface area contributed by atoms with Gasteiger partial charge in [-0.1, -0.05) is 35.3 Å². The maximum Gasteiger partial charge on any atom is 0.408 e. The maximum atomic E-state index is 14.5. The van der Waals surface area contributed by atoms with E-state index in [9.17, 15) is 27.2 Å². The lowest BCUT2D eigenvalue weighted by Gasteiger charge is -2.33. The van der Waals surface area contributed by atoms with Gasteiger partial charge in [-0.15, -0.1) is 0 Å². The van der Waals surface area contributed by atoms with Crippen molar-refractivity contribution in [2.45, 2.75) is 25.1 Å². The fourth-order valence-electron chi connectivity index (χ4n) is 4.61. The number of anilines is 2. The van der Waals surface area contributed by atoms with Crippen molar-refractivity contribution >= 4 is 46.4 Å². The molecule has 2 amide bonds. The van der Waals surface area contributed by atoms with Gasteiger partial charge < -0.3 is 15.1 Å². The van der Waals surface area contributed by atoms with Crippen molar-refractivity contribution in [2.24, 2.45) is 0 Å². The second kappa shape index (κ2) is 10.8. The van der Waals surface area contributed by atoms with Gasteiger partial charge in [0.1, 0.15) is 11.9 Å². The second-order valence-corrected chi connectivity index (χ2v) is 9.65. The van der Waals surface area contributed by atoms with E-state index in [1.807, 2.05) is 0 Å². The molecular formula is C27H23Cl2F4N3O2. The average Bonchev–Trinajstić information content (AvgIpc) is 3.38. The number of nitrogens with zero attached hydrogens (tertiary/aromatic N) is 2. The Bertz CT molecular complexity index is 1380. The van der Waals surface area contributed by atoms with Gasteiger partial charge in [-0.3, -0.25) is 9.59 Å². The molecule has 1 fully saturated rings. The molecule has 5 nitrogen and oxygen atoms in total. The quantitative estimate of drug-likeness (QED) is 0.339. The number of hydrogen-bond donors (Lipinski definition) is 1. The van der Waals surface area contributed by atoms with Crippen LogP contribution in [0, 0.1) is 5.82 Å². The molecule has 11 heteroatoms. The van der Waals surface area contributed by atoms with Crippen molar-refractivity contribution in [1.29, 1.82) is 0 Å². The molecule has 1 heterocycles. The third kappa shape index (κ3) is 5.31. The number of halogens is 6. The van der Waals surface area contributed by atoms with Gasteiger partial charge >= 0.3 is 6.18 Å². The molecule has 1 atom stereocenters. The first-order valence-corrected chi connectivity index (χ1v) is 12.4. The molecule has 0 aromatic heterocycles. The van der Waals surface area contributed by atoms with Crippen LogP contribution in [-0.2, 0) is 0 Å². The summed E-state index contributed by atoms with van der Waals surface area (Å²) in [6.45, 7) is 0.0924. The van der Waals surface area contributed by atoms with Crippen LogP contribution in [0.5, 0.6) is 0 Å². The predicted octanol–water partition coefficient (Wildman–Crippen LogP) is 6.97. The smallest absolute Gasteiger partial charge is 0.358 e. The van der Waals surface area contributed by atoms with Gasteiger partial charge in [0.15, 0.2) is 0 Å². The minimum Gasteiger partial charge on any atom is -0.358 e. The number of rotatable bonds is 5. The minimum absolute atomic E-state index is 0.0924. The van der Waals surface area contributed by atoms with E-state index in [0.29, 0.717) is 16.7 Å². The third-order valence-corrected chi connectivity index (χ3v) is 7.17. The van der Waals surface area contributed by atoms with Crippen molar-refractivity contribution < 1.29 is 27.2 Å². The Morgan fingerprint density at radius 1 is 1.05 bits per heavy atom.